The predicted molar refractivity (Wildman–Crippen MR) is 106 cm³/mol. The fraction of sp³-hybridized carbons (Fsp3) is 0.182. The number of carbonyl (C=O) groups is 2. The number of carbonyl (C=O) groups excluding carboxylic acids is 2. The lowest BCUT2D eigenvalue weighted by molar-refractivity contribution is 0.0600. The van der Waals surface area contributed by atoms with Crippen LogP contribution < -0.4 is 10.1 Å². The van der Waals surface area contributed by atoms with E-state index in [0.717, 1.165) is 22.4 Å². The van der Waals surface area contributed by atoms with Gasteiger partial charge in [0, 0.05) is 35.5 Å². The van der Waals surface area contributed by atoms with Crippen LogP contribution in [-0.2, 0) is 11.2 Å². The molecule has 2 aromatic carbocycles. The molecule has 1 atom stereocenters. The van der Waals surface area contributed by atoms with Gasteiger partial charge in [-0.15, -0.1) is 0 Å². The zero-order valence-corrected chi connectivity index (χ0v) is 15.8. The first-order chi connectivity index (χ1) is 14.2. The number of nitrogens with zero attached hydrogens (tertiary/aromatic N) is 2. The zero-order chi connectivity index (χ0) is 20.2. The Bertz CT molecular complexity index is 1050. The van der Waals surface area contributed by atoms with Crippen LogP contribution in [0.25, 0.3) is 11.1 Å². The van der Waals surface area contributed by atoms with Crippen molar-refractivity contribution in [3.63, 3.8) is 0 Å². The van der Waals surface area contributed by atoms with Crippen LogP contribution in [-0.4, -0.2) is 41.6 Å². The molecule has 4 rings (SSSR count). The van der Waals surface area contributed by atoms with Crippen LogP contribution in [0.15, 0.2) is 61.2 Å². The summed E-state index contributed by atoms with van der Waals surface area (Å²) in [5.74, 6) is 0.0490. The van der Waals surface area contributed by atoms with E-state index in [9.17, 15) is 9.59 Å². The molecule has 1 amide bonds. The van der Waals surface area contributed by atoms with Crippen molar-refractivity contribution in [2.24, 2.45) is 0 Å². The normalized spacial score (nSPS) is 14.6. The monoisotopic (exact) mass is 389 g/mol. The minimum atomic E-state index is -0.480. The van der Waals surface area contributed by atoms with E-state index in [1.54, 1.807) is 30.6 Å². The van der Waals surface area contributed by atoms with Gasteiger partial charge in [0.25, 0.3) is 5.91 Å². The molecule has 0 bridgehead atoms. The van der Waals surface area contributed by atoms with Crippen molar-refractivity contribution >= 4 is 11.9 Å². The molecule has 1 aliphatic rings. The van der Waals surface area contributed by atoms with Crippen LogP contribution in [0.1, 0.15) is 26.3 Å². The first kappa shape index (κ1) is 18.6. The van der Waals surface area contributed by atoms with Gasteiger partial charge in [-0.2, -0.15) is 0 Å². The summed E-state index contributed by atoms with van der Waals surface area (Å²) in [6, 6.07) is 12.4. The lowest BCUT2D eigenvalue weighted by atomic mass is 10.0. The summed E-state index contributed by atoms with van der Waals surface area (Å²) in [7, 11) is 1.31. The zero-order valence-electron chi connectivity index (χ0n) is 15.8. The van der Waals surface area contributed by atoms with Gasteiger partial charge >= 0.3 is 5.97 Å². The molecule has 29 heavy (non-hydrogen) atoms. The third-order valence-electron chi connectivity index (χ3n) is 4.74. The number of esters is 1. The number of methoxy groups -OCH3 is 1. The van der Waals surface area contributed by atoms with E-state index < -0.39 is 5.97 Å². The SMILES string of the molecule is COC(=O)c1cccc(C(=O)NCC2Cc3cccc(-c4cncnc4)c3O2)c1. The lowest BCUT2D eigenvalue weighted by Gasteiger charge is -2.13. The van der Waals surface area contributed by atoms with E-state index in [-0.39, 0.29) is 12.0 Å². The number of amides is 1. The average molecular weight is 389 g/mol. The van der Waals surface area contributed by atoms with Crippen molar-refractivity contribution in [3.8, 4) is 16.9 Å². The highest BCUT2D eigenvalue weighted by molar-refractivity contribution is 5.97. The molecule has 1 aromatic heterocycles. The molecule has 2 heterocycles. The summed E-state index contributed by atoms with van der Waals surface area (Å²) >= 11 is 0. The lowest BCUT2D eigenvalue weighted by Crippen LogP contribution is -2.34. The molecule has 3 aromatic rings. The quantitative estimate of drug-likeness (QED) is 0.675. The predicted octanol–water partition coefficient (Wildman–Crippen LogP) is 2.66. The van der Waals surface area contributed by atoms with Gasteiger partial charge in [-0.1, -0.05) is 24.3 Å². The maximum atomic E-state index is 12.5. The van der Waals surface area contributed by atoms with Crippen molar-refractivity contribution in [1.29, 1.82) is 0 Å². The smallest absolute Gasteiger partial charge is 0.337 e. The molecule has 0 aliphatic carbocycles. The van der Waals surface area contributed by atoms with Gasteiger partial charge in [0.2, 0.25) is 0 Å². The molecular formula is C22H19N3O4. The van der Waals surface area contributed by atoms with Crippen molar-refractivity contribution in [3.05, 3.63) is 77.9 Å². The summed E-state index contributed by atoms with van der Waals surface area (Å²) in [5, 5.41) is 2.88. The Morgan fingerprint density at radius 3 is 2.69 bits per heavy atom. The maximum absolute atomic E-state index is 12.5. The van der Waals surface area contributed by atoms with E-state index in [1.165, 1.54) is 19.5 Å². The minimum absolute atomic E-state index is 0.177. The Kier molecular flexibility index (Phi) is 5.20. The molecule has 0 fully saturated rings. The van der Waals surface area contributed by atoms with E-state index in [2.05, 4.69) is 15.3 Å². The molecule has 0 radical (unpaired) electrons. The molecule has 7 heteroatoms. The van der Waals surface area contributed by atoms with Gasteiger partial charge in [-0.05, 0) is 23.8 Å². The fourth-order valence-electron chi connectivity index (χ4n) is 3.33. The largest absolute Gasteiger partial charge is 0.487 e. The second-order valence-electron chi connectivity index (χ2n) is 6.65. The number of hydrogen-bond donors (Lipinski definition) is 1. The van der Waals surface area contributed by atoms with Crippen molar-refractivity contribution in [2.75, 3.05) is 13.7 Å². The molecular weight excluding hydrogens is 370 g/mol. The Morgan fingerprint density at radius 2 is 1.90 bits per heavy atom. The van der Waals surface area contributed by atoms with Crippen LogP contribution >= 0.6 is 0 Å². The van der Waals surface area contributed by atoms with Gasteiger partial charge in [0.05, 0.1) is 19.2 Å². The minimum Gasteiger partial charge on any atom is -0.487 e. The number of nitrogens with one attached hydrogen (secondary N) is 1. The highest BCUT2D eigenvalue weighted by Crippen LogP contribution is 2.38. The number of ether oxygens (including phenoxy) is 2. The first-order valence-electron chi connectivity index (χ1n) is 9.16. The molecule has 1 aliphatic heterocycles. The molecule has 0 saturated carbocycles. The first-order valence-corrected chi connectivity index (χ1v) is 9.16. The van der Waals surface area contributed by atoms with E-state index >= 15 is 0 Å². The number of benzene rings is 2. The van der Waals surface area contributed by atoms with Gasteiger partial charge in [-0.3, -0.25) is 4.79 Å². The standard InChI is InChI=1S/C22H19N3O4/c1-28-22(27)16-6-2-5-15(8-16)21(26)25-12-18-9-14-4-3-7-19(20(14)29-18)17-10-23-13-24-11-17/h2-8,10-11,13,18H,9,12H2,1H3,(H,25,26). The summed E-state index contributed by atoms with van der Waals surface area (Å²) in [5.41, 5.74) is 3.62. The average Bonchev–Trinajstić information content (AvgIpc) is 3.20. The van der Waals surface area contributed by atoms with Crippen LogP contribution in [0.3, 0.4) is 0 Å². The number of hydrogen-bond acceptors (Lipinski definition) is 6. The third-order valence-corrected chi connectivity index (χ3v) is 4.74. The van der Waals surface area contributed by atoms with Crippen molar-refractivity contribution < 1.29 is 19.1 Å². The molecule has 0 spiro atoms. The number of aromatic nitrogens is 2. The third kappa shape index (κ3) is 3.94. The molecule has 1 N–H and O–H groups in total. The molecule has 7 nitrogen and oxygen atoms in total. The van der Waals surface area contributed by atoms with Crippen molar-refractivity contribution in [2.45, 2.75) is 12.5 Å². The van der Waals surface area contributed by atoms with Crippen LogP contribution in [0.2, 0.25) is 0 Å². The van der Waals surface area contributed by atoms with E-state index in [0.29, 0.717) is 24.1 Å². The van der Waals surface area contributed by atoms with Gasteiger partial charge in [0.15, 0.2) is 0 Å². The van der Waals surface area contributed by atoms with Gasteiger partial charge in [0.1, 0.15) is 18.2 Å². The van der Waals surface area contributed by atoms with Gasteiger partial charge < -0.3 is 14.8 Å². The maximum Gasteiger partial charge on any atom is 0.337 e. The number of rotatable bonds is 5. The van der Waals surface area contributed by atoms with Crippen LogP contribution in [0.5, 0.6) is 5.75 Å². The summed E-state index contributed by atoms with van der Waals surface area (Å²) in [6.07, 6.45) is 5.49. The highest BCUT2D eigenvalue weighted by Gasteiger charge is 2.26. The summed E-state index contributed by atoms with van der Waals surface area (Å²) in [6.45, 7) is 0.348. The van der Waals surface area contributed by atoms with Crippen molar-refractivity contribution in [1.82, 2.24) is 15.3 Å². The topological polar surface area (TPSA) is 90.4 Å². The second kappa shape index (κ2) is 8.10. The van der Waals surface area contributed by atoms with E-state index in [1.807, 2.05) is 18.2 Å². The fourth-order valence-corrected chi connectivity index (χ4v) is 3.33. The van der Waals surface area contributed by atoms with Crippen LogP contribution in [0, 0.1) is 0 Å². The Morgan fingerprint density at radius 1 is 1.14 bits per heavy atom. The summed E-state index contributed by atoms with van der Waals surface area (Å²) in [4.78, 5) is 32.3. The second-order valence-corrected chi connectivity index (χ2v) is 6.65. The molecule has 0 saturated heterocycles. The Balaban J connectivity index is 1.43. The summed E-state index contributed by atoms with van der Waals surface area (Å²) < 4.78 is 10.8. The van der Waals surface area contributed by atoms with Gasteiger partial charge in [-0.25, -0.2) is 14.8 Å². The number of fused-ring (bicyclic) bond motifs is 1. The number of para-hydroxylation sites is 1. The molecule has 146 valence electrons. The highest BCUT2D eigenvalue weighted by atomic mass is 16.5. The van der Waals surface area contributed by atoms with Crippen LogP contribution in [0.4, 0.5) is 0 Å². The Labute approximate surface area is 167 Å². The van der Waals surface area contributed by atoms with E-state index in [4.69, 9.17) is 9.47 Å². The molecule has 1 unspecified atom stereocenters. The Hall–Kier alpha value is -3.74.